The molecule has 1 saturated heterocycles. The molecule has 0 radical (unpaired) electrons. The van der Waals surface area contributed by atoms with Gasteiger partial charge in [-0.15, -0.1) is 0 Å². The van der Waals surface area contributed by atoms with Crippen molar-refractivity contribution in [2.45, 2.75) is 39.8 Å². The summed E-state index contributed by atoms with van der Waals surface area (Å²) in [7, 11) is 0. The number of carbonyl (C=O) groups excluding carboxylic acids is 3. The van der Waals surface area contributed by atoms with Crippen LogP contribution in [0, 0.1) is 6.92 Å². The van der Waals surface area contributed by atoms with Crippen molar-refractivity contribution in [2.24, 2.45) is 0 Å². The number of benzene rings is 2. The van der Waals surface area contributed by atoms with E-state index in [-0.39, 0.29) is 17.8 Å². The van der Waals surface area contributed by atoms with Crippen LogP contribution < -0.4 is 16.0 Å². The summed E-state index contributed by atoms with van der Waals surface area (Å²) in [6.07, 6.45) is 1.55. The van der Waals surface area contributed by atoms with Gasteiger partial charge in [-0.05, 0) is 55.2 Å². The standard InChI is InChI=1S/C23H28N4O3/c1-3-24-22(29)19-9-10-20(16(2)12-19)26-23(30)25-14-17-6-4-7-18(13-17)15-27-11-5-8-21(27)28/h4,6-7,9-10,12-13H,3,5,8,11,14-15H2,1-2H3,(H,24,29)(H2,25,26,30). The fraction of sp³-hybridized carbons (Fsp3) is 0.348. The van der Waals surface area contributed by atoms with E-state index in [0.717, 1.165) is 29.7 Å². The van der Waals surface area contributed by atoms with Gasteiger partial charge in [0, 0.05) is 43.9 Å². The molecule has 0 bridgehead atoms. The molecule has 2 aromatic rings. The second-order valence-electron chi connectivity index (χ2n) is 7.44. The molecule has 1 aliphatic rings. The summed E-state index contributed by atoms with van der Waals surface area (Å²) < 4.78 is 0. The Labute approximate surface area is 176 Å². The van der Waals surface area contributed by atoms with E-state index >= 15 is 0 Å². The lowest BCUT2D eigenvalue weighted by atomic mass is 10.1. The van der Waals surface area contributed by atoms with E-state index in [4.69, 9.17) is 0 Å². The van der Waals surface area contributed by atoms with E-state index in [1.807, 2.05) is 43.0 Å². The molecule has 7 nitrogen and oxygen atoms in total. The zero-order valence-electron chi connectivity index (χ0n) is 17.5. The minimum Gasteiger partial charge on any atom is -0.352 e. The lowest BCUT2D eigenvalue weighted by Crippen LogP contribution is -2.29. The zero-order valence-corrected chi connectivity index (χ0v) is 17.5. The Hall–Kier alpha value is -3.35. The molecule has 4 amide bonds. The minimum atomic E-state index is -0.316. The molecule has 30 heavy (non-hydrogen) atoms. The van der Waals surface area contributed by atoms with Crippen molar-refractivity contribution in [3.05, 3.63) is 64.7 Å². The number of urea groups is 1. The van der Waals surface area contributed by atoms with Crippen molar-refractivity contribution in [3.63, 3.8) is 0 Å². The largest absolute Gasteiger partial charge is 0.352 e. The first-order valence-corrected chi connectivity index (χ1v) is 10.3. The molecular formula is C23H28N4O3. The molecule has 3 rings (SSSR count). The van der Waals surface area contributed by atoms with Crippen molar-refractivity contribution in [3.8, 4) is 0 Å². The van der Waals surface area contributed by atoms with E-state index in [0.29, 0.717) is 37.3 Å². The topological polar surface area (TPSA) is 90.5 Å². The van der Waals surface area contributed by atoms with Crippen molar-refractivity contribution < 1.29 is 14.4 Å². The Bertz CT molecular complexity index is 942. The normalized spacial score (nSPS) is 13.3. The van der Waals surface area contributed by atoms with Crippen LogP contribution in [0.2, 0.25) is 0 Å². The second-order valence-corrected chi connectivity index (χ2v) is 7.44. The van der Waals surface area contributed by atoms with Crippen LogP contribution in [0.4, 0.5) is 10.5 Å². The van der Waals surface area contributed by atoms with E-state index in [1.165, 1.54) is 0 Å². The third-order valence-corrected chi connectivity index (χ3v) is 5.06. The summed E-state index contributed by atoms with van der Waals surface area (Å²) >= 11 is 0. The molecule has 1 aliphatic heterocycles. The third kappa shape index (κ3) is 5.59. The van der Waals surface area contributed by atoms with Crippen LogP contribution in [0.5, 0.6) is 0 Å². The number of hydrogen-bond donors (Lipinski definition) is 3. The maximum absolute atomic E-state index is 12.3. The summed E-state index contributed by atoms with van der Waals surface area (Å²) in [6.45, 7) is 6.07. The Kier molecular flexibility index (Phi) is 7.06. The molecule has 0 saturated carbocycles. The average Bonchev–Trinajstić information content (AvgIpc) is 3.13. The fourth-order valence-corrected chi connectivity index (χ4v) is 3.49. The van der Waals surface area contributed by atoms with Crippen LogP contribution >= 0.6 is 0 Å². The highest BCUT2D eigenvalue weighted by atomic mass is 16.2. The van der Waals surface area contributed by atoms with Crippen molar-refractivity contribution in [1.82, 2.24) is 15.5 Å². The summed E-state index contributed by atoms with van der Waals surface area (Å²) in [6, 6.07) is 12.8. The van der Waals surface area contributed by atoms with Gasteiger partial charge in [0.15, 0.2) is 0 Å². The van der Waals surface area contributed by atoms with E-state index < -0.39 is 0 Å². The van der Waals surface area contributed by atoms with Crippen LogP contribution in [-0.2, 0) is 17.9 Å². The molecule has 1 heterocycles. The van der Waals surface area contributed by atoms with Gasteiger partial charge in [0.1, 0.15) is 0 Å². The van der Waals surface area contributed by atoms with Gasteiger partial charge < -0.3 is 20.9 Å². The molecule has 0 aromatic heterocycles. The van der Waals surface area contributed by atoms with Gasteiger partial charge in [-0.1, -0.05) is 24.3 Å². The minimum absolute atomic E-state index is 0.132. The number of nitrogens with zero attached hydrogens (tertiary/aromatic N) is 1. The number of carbonyl (C=O) groups is 3. The molecule has 3 N–H and O–H groups in total. The predicted octanol–water partition coefficient (Wildman–Crippen LogP) is 3.19. The first kappa shape index (κ1) is 21.4. The first-order valence-electron chi connectivity index (χ1n) is 10.3. The van der Waals surface area contributed by atoms with E-state index in [2.05, 4.69) is 16.0 Å². The molecule has 0 aliphatic carbocycles. The monoisotopic (exact) mass is 408 g/mol. The first-order chi connectivity index (χ1) is 14.5. The molecule has 0 atom stereocenters. The molecular weight excluding hydrogens is 380 g/mol. The molecule has 158 valence electrons. The van der Waals surface area contributed by atoms with Gasteiger partial charge in [-0.3, -0.25) is 9.59 Å². The Morgan fingerprint density at radius 1 is 1.07 bits per heavy atom. The quantitative estimate of drug-likeness (QED) is 0.657. The SMILES string of the molecule is CCNC(=O)c1ccc(NC(=O)NCc2cccc(CN3CCCC3=O)c2)c(C)c1. The molecule has 1 fully saturated rings. The molecule has 7 heteroatoms. The highest BCUT2D eigenvalue weighted by molar-refractivity contribution is 5.96. The number of amides is 4. The molecule has 2 aromatic carbocycles. The maximum atomic E-state index is 12.3. The van der Waals surface area contributed by atoms with Crippen LogP contribution in [0.3, 0.4) is 0 Å². The number of anilines is 1. The van der Waals surface area contributed by atoms with E-state index in [1.54, 1.807) is 18.2 Å². The summed E-state index contributed by atoms with van der Waals surface area (Å²) in [5.41, 5.74) is 4.06. The van der Waals surface area contributed by atoms with Crippen LogP contribution in [0.1, 0.15) is 46.8 Å². The summed E-state index contributed by atoms with van der Waals surface area (Å²) in [5, 5.41) is 8.43. The lowest BCUT2D eigenvalue weighted by Gasteiger charge is -2.16. The lowest BCUT2D eigenvalue weighted by molar-refractivity contribution is -0.128. The van der Waals surface area contributed by atoms with Gasteiger partial charge in [0.2, 0.25) is 5.91 Å². The van der Waals surface area contributed by atoms with Crippen LogP contribution in [0.15, 0.2) is 42.5 Å². The number of likely N-dealkylation sites (tertiary alicyclic amines) is 1. The zero-order chi connectivity index (χ0) is 21.5. The van der Waals surface area contributed by atoms with Gasteiger partial charge in [0.05, 0.1) is 0 Å². The second kappa shape index (κ2) is 9.91. The average molecular weight is 409 g/mol. The van der Waals surface area contributed by atoms with Crippen molar-refractivity contribution in [1.29, 1.82) is 0 Å². The van der Waals surface area contributed by atoms with Gasteiger partial charge in [0.25, 0.3) is 5.91 Å². The number of aryl methyl sites for hydroxylation is 1. The van der Waals surface area contributed by atoms with Crippen LogP contribution in [-0.4, -0.2) is 35.8 Å². The van der Waals surface area contributed by atoms with Crippen LogP contribution in [0.25, 0.3) is 0 Å². The van der Waals surface area contributed by atoms with Gasteiger partial charge >= 0.3 is 6.03 Å². The fourth-order valence-electron chi connectivity index (χ4n) is 3.49. The highest BCUT2D eigenvalue weighted by Crippen LogP contribution is 2.17. The molecule has 0 spiro atoms. The Morgan fingerprint density at radius 2 is 1.87 bits per heavy atom. The van der Waals surface area contributed by atoms with Gasteiger partial charge in [-0.2, -0.15) is 0 Å². The van der Waals surface area contributed by atoms with Gasteiger partial charge in [-0.25, -0.2) is 4.79 Å². The predicted molar refractivity (Wildman–Crippen MR) is 116 cm³/mol. The number of nitrogens with one attached hydrogen (secondary N) is 3. The highest BCUT2D eigenvalue weighted by Gasteiger charge is 2.20. The smallest absolute Gasteiger partial charge is 0.319 e. The van der Waals surface area contributed by atoms with Crippen molar-refractivity contribution >= 4 is 23.5 Å². The molecule has 0 unspecified atom stereocenters. The Balaban J connectivity index is 1.54. The summed E-state index contributed by atoms with van der Waals surface area (Å²) in [4.78, 5) is 37.9. The third-order valence-electron chi connectivity index (χ3n) is 5.06. The number of hydrogen-bond acceptors (Lipinski definition) is 3. The van der Waals surface area contributed by atoms with Crippen molar-refractivity contribution in [2.75, 3.05) is 18.4 Å². The van der Waals surface area contributed by atoms with E-state index in [9.17, 15) is 14.4 Å². The maximum Gasteiger partial charge on any atom is 0.319 e. The summed E-state index contributed by atoms with van der Waals surface area (Å²) in [5.74, 6) is 0.0681. The number of rotatable bonds is 7. The Morgan fingerprint density at radius 3 is 2.57 bits per heavy atom.